The molecule has 0 fully saturated rings. The van der Waals surface area contributed by atoms with E-state index in [2.05, 4.69) is 91.3 Å². The number of anilines is 2. The average molecular weight is 504 g/mol. The molecule has 0 spiro atoms. The molecule has 1 aliphatic carbocycles. The van der Waals surface area contributed by atoms with Crippen LogP contribution in [-0.4, -0.2) is 39.0 Å². The standard InChI is InChI=1S/C33H49N3O/c1-6-10-22-35(23-11-7-2)28-18-14-26(15-19-28)30-32(34-5)31(33(30)37)27-16-20-29(21-17-27)36(24-12-8-3)25-13-9-4/h14-21,30,34H,6-13,22-25H2,1-5H3. The highest BCUT2D eigenvalue weighted by molar-refractivity contribution is 6.32. The first-order chi connectivity index (χ1) is 18.1. The average Bonchev–Trinajstić information content (AvgIpc) is 2.93. The second-order valence-corrected chi connectivity index (χ2v) is 10.4. The van der Waals surface area contributed by atoms with Crippen molar-refractivity contribution in [2.75, 3.05) is 43.0 Å². The monoisotopic (exact) mass is 503 g/mol. The number of ketones is 1. The van der Waals surface area contributed by atoms with Gasteiger partial charge in [0.15, 0.2) is 5.78 Å². The van der Waals surface area contributed by atoms with Crippen molar-refractivity contribution < 1.29 is 4.79 Å². The van der Waals surface area contributed by atoms with Crippen molar-refractivity contribution in [3.63, 3.8) is 0 Å². The largest absolute Gasteiger partial charge is 0.390 e. The van der Waals surface area contributed by atoms with E-state index in [0.29, 0.717) is 0 Å². The second-order valence-electron chi connectivity index (χ2n) is 10.4. The van der Waals surface area contributed by atoms with Gasteiger partial charge in [0, 0.05) is 55.9 Å². The molecule has 202 valence electrons. The highest BCUT2D eigenvalue weighted by Gasteiger charge is 2.40. The smallest absolute Gasteiger partial charge is 0.178 e. The minimum atomic E-state index is -0.195. The molecule has 0 aliphatic heterocycles. The Morgan fingerprint density at radius 2 is 1.05 bits per heavy atom. The maximum atomic E-state index is 13.4. The van der Waals surface area contributed by atoms with Gasteiger partial charge in [0.25, 0.3) is 0 Å². The minimum Gasteiger partial charge on any atom is -0.390 e. The number of allylic oxidation sites excluding steroid dienone is 2. The van der Waals surface area contributed by atoms with Gasteiger partial charge in [-0.05, 0) is 61.1 Å². The lowest BCUT2D eigenvalue weighted by molar-refractivity contribution is -0.115. The van der Waals surface area contributed by atoms with Gasteiger partial charge in [-0.25, -0.2) is 0 Å². The van der Waals surface area contributed by atoms with Crippen LogP contribution < -0.4 is 15.1 Å². The lowest BCUT2D eigenvalue weighted by Gasteiger charge is -2.33. The number of nitrogens with one attached hydrogen (secondary N) is 1. The third-order valence-electron chi connectivity index (χ3n) is 7.57. The first-order valence-electron chi connectivity index (χ1n) is 14.8. The zero-order valence-electron chi connectivity index (χ0n) is 24.0. The van der Waals surface area contributed by atoms with Crippen LogP contribution in [0.1, 0.15) is 96.1 Å². The quantitative estimate of drug-likeness (QED) is 0.239. The molecule has 1 aliphatic rings. The summed E-state index contributed by atoms with van der Waals surface area (Å²) in [7, 11) is 1.94. The van der Waals surface area contributed by atoms with Crippen LogP contribution in [-0.2, 0) is 4.79 Å². The maximum absolute atomic E-state index is 13.4. The predicted molar refractivity (Wildman–Crippen MR) is 161 cm³/mol. The summed E-state index contributed by atoms with van der Waals surface area (Å²) in [5.41, 5.74) is 6.49. The summed E-state index contributed by atoms with van der Waals surface area (Å²) in [5.74, 6) is 0.0200. The Balaban J connectivity index is 1.78. The van der Waals surface area contributed by atoms with E-state index in [1.807, 2.05) is 7.05 Å². The maximum Gasteiger partial charge on any atom is 0.178 e. The summed E-state index contributed by atoms with van der Waals surface area (Å²) < 4.78 is 0. The zero-order valence-corrected chi connectivity index (χ0v) is 24.0. The highest BCUT2D eigenvalue weighted by Crippen LogP contribution is 2.43. The first kappa shape index (κ1) is 28.8. The van der Waals surface area contributed by atoms with Crippen LogP contribution in [0.3, 0.4) is 0 Å². The molecule has 2 aromatic carbocycles. The number of likely N-dealkylation sites (N-methyl/N-ethyl adjacent to an activating group) is 1. The van der Waals surface area contributed by atoms with E-state index in [9.17, 15) is 4.79 Å². The SMILES string of the molecule is CCCCN(CCCC)c1ccc(C2=C(NC)C(c3ccc(N(CCCC)CCCC)cc3)C2=O)cc1. The Labute approximate surface area is 226 Å². The Morgan fingerprint density at radius 1 is 0.649 bits per heavy atom. The molecule has 3 rings (SSSR count). The van der Waals surface area contributed by atoms with Gasteiger partial charge in [0.1, 0.15) is 0 Å². The summed E-state index contributed by atoms with van der Waals surface area (Å²) >= 11 is 0. The van der Waals surface area contributed by atoms with Crippen molar-refractivity contribution in [3.8, 4) is 0 Å². The molecule has 1 atom stereocenters. The lowest BCUT2D eigenvalue weighted by atomic mass is 9.73. The molecular weight excluding hydrogens is 454 g/mol. The Morgan fingerprint density at radius 3 is 1.43 bits per heavy atom. The number of carbonyl (C=O) groups excluding carboxylic acids is 1. The van der Waals surface area contributed by atoms with E-state index in [1.165, 1.54) is 62.7 Å². The van der Waals surface area contributed by atoms with Crippen LogP contribution in [0.25, 0.3) is 5.57 Å². The van der Waals surface area contributed by atoms with Crippen molar-refractivity contribution in [2.24, 2.45) is 0 Å². The van der Waals surface area contributed by atoms with E-state index < -0.39 is 0 Å². The molecule has 0 saturated carbocycles. The van der Waals surface area contributed by atoms with Crippen LogP contribution in [0, 0.1) is 0 Å². The summed E-state index contributed by atoms with van der Waals surface area (Å²) in [6.07, 6.45) is 9.62. The van der Waals surface area contributed by atoms with Gasteiger partial charge >= 0.3 is 0 Å². The van der Waals surface area contributed by atoms with E-state index in [4.69, 9.17) is 0 Å². The van der Waals surface area contributed by atoms with Crippen molar-refractivity contribution in [2.45, 2.75) is 85.0 Å². The molecular formula is C33H49N3O. The second kappa shape index (κ2) is 14.9. The van der Waals surface area contributed by atoms with Gasteiger partial charge < -0.3 is 15.1 Å². The van der Waals surface area contributed by atoms with Crippen LogP contribution in [0.4, 0.5) is 11.4 Å². The Bertz CT molecular complexity index is 977. The van der Waals surface area contributed by atoms with Gasteiger partial charge in [-0.15, -0.1) is 0 Å². The molecule has 1 unspecified atom stereocenters. The Kier molecular flexibility index (Phi) is 11.6. The molecule has 1 N–H and O–H groups in total. The minimum absolute atomic E-state index is 0.195. The van der Waals surface area contributed by atoms with Gasteiger partial charge in [-0.2, -0.15) is 0 Å². The third-order valence-corrected chi connectivity index (χ3v) is 7.57. The topological polar surface area (TPSA) is 35.6 Å². The first-order valence-corrected chi connectivity index (χ1v) is 14.8. The van der Waals surface area contributed by atoms with E-state index >= 15 is 0 Å². The Hall–Kier alpha value is -2.75. The number of rotatable bonds is 17. The van der Waals surface area contributed by atoms with Crippen LogP contribution >= 0.6 is 0 Å². The number of carbonyl (C=O) groups is 1. The fraction of sp³-hybridized carbons (Fsp3) is 0.545. The van der Waals surface area contributed by atoms with E-state index in [0.717, 1.165) is 48.6 Å². The molecule has 0 amide bonds. The fourth-order valence-electron chi connectivity index (χ4n) is 5.21. The van der Waals surface area contributed by atoms with Crippen molar-refractivity contribution in [3.05, 3.63) is 65.4 Å². The molecule has 0 saturated heterocycles. The molecule has 37 heavy (non-hydrogen) atoms. The van der Waals surface area contributed by atoms with Gasteiger partial charge in [-0.3, -0.25) is 4.79 Å². The highest BCUT2D eigenvalue weighted by atomic mass is 16.1. The van der Waals surface area contributed by atoms with Gasteiger partial charge in [-0.1, -0.05) is 77.6 Å². The van der Waals surface area contributed by atoms with Gasteiger partial charge in [0.2, 0.25) is 0 Å². The molecule has 0 bridgehead atoms. The van der Waals surface area contributed by atoms with E-state index in [-0.39, 0.29) is 11.7 Å². The number of hydrogen-bond donors (Lipinski definition) is 1. The molecule has 2 aromatic rings. The predicted octanol–water partition coefficient (Wildman–Crippen LogP) is 7.80. The van der Waals surface area contributed by atoms with Crippen molar-refractivity contribution in [1.29, 1.82) is 0 Å². The summed E-state index contributed by atoms with van der Waals surface area (Å²) in [5, 5.41) is 3.35. The number of Topliss-reactive ketones (excluding diaryl/α,β-unsaturated/α-hetero) is 1. The number of unbranched alkanes of at least 4 members (excludes halogenated alkanes) is 4. The fourth-order valence-corrected chi connectivity index (χ4v) is 5.21. The van der Waals surface area contributed by atoms with Crippen LogP contribution in [0.15, 0.2) is 54.2 Å². The summed E-state index contributed by atoms with van der Waals surface area (Å²) in [6.45, 7) is 13.3. The number of nitrogens with zero attached hydrogens (tertiary/aromatic N) is 2. The van der Waals surface area contributed by atoms with Crippen LogP contribution in [0.5, 0.6) is 0 Å². The summed E-state index contributed by atoms with van der Waals surface area (Å²) in [6, 6.07) is 17.4. The molecule has 4 nitrogen and oxygen atoms in total. The third kappa shape index (κ3) is 7.18. The van der Waals surface area contributed by atoms with Crippen LogP contribution in [0.2, 0.25) is 0 Å². The number of benzene rings is 2. The zero-order chi connectivity index (χ0) is 26.6. The van der Waals surface area contributed by atoms with Crippen molar-refractivity contribution >= 4 is 22.7 Å². The van der Waals surface area contributed by atoms with Crippen molar-refractivity contribution in [1.82, 2.24) is 5.32 Å². The molecule has 4 heteroatoms. The molecule has 0 radical (unpaired) electrons. The molecule has 0 aromatic heterocycles. The lowest BCUT2D eigenvalue weighted by Crippen LogP contribution is -2.35. The van der Waals surface area contributed by atoms with E-state index in [1.54, 1.807) is 0 Å². The normalized spacial score (nSPS) is 15.1. The number of hydrogen-bond acceptors (Lipinski definition) is 4. The van der Waals surface area contributed by atoms with Gasteiger partial charge in [0.05, 0.1) is 5.92 Å². The molecule has 0 heterocycles. The summed E-state index contributed by atoms with van der Waals surface area (Å²) in [4.78, 5) is 18.4.